The number of hydrogen-bond donors (Lipinski definition) is 1. The van der Waals surface area contributed by atoms with E-state index >= 15 is 0 Å². The van der Waals surface area contributed by atoms with Crippen LogP contribution in [0.2, 0.25) is 0 Å². The lowest BCUT2D eigenvalue weighted by Crippen LogP contribution is -2.48. The summed E-state index contributed by atoms with van der Waals surface area (Å²) in [6, 6.07) is 0.988. The summed E-state index contributed by atoms with van der Waals surface area (Å²) in [6.07, 6.45) is 2.79. The topological polar surface area (TPSA) is 32.7 Å². The largest absolute Gasteiger partial charge is 0.393 e. The van der Waals surface area contributed by atoms with Crippen molar-refractivity contribution in [2.75, 3.05) is 20.3 Å². The van der Waals surface area contributed by atoms with E-state index < -0.39 is 0 Å². The molecule has 0 radical (unpaired) electrons. The van der Waals surface area contributed by atoms with E-state index in [4.69, 9.17) is 4.74 Å². The van der Waals surface area contributed by atoms with Crippen LogP contribution in [0.15, 0.2) is 0 Å². The second-order valence-corrected chi connectivity index (χ2v) is 3.98. The van der Waals surface area contributed by atoms with E-state index in [1.165, 1.54) is 0 Å². The van der Waals surface area contributed by atoms with Crippen molar-refractivity contribution in [2.45, 2.75) is 37.5 Å². The molecular weight excluding hydrogens is 154 g/mol. The van der Waals surface area contributed by atoms with E-state index in [2.05, 4.69) is 11.9 Å². The van der Waals surface area contributed by atoms with Gasteiger partial charge in [0.25, 0.3) is 0 Å². The summed E-state index contributed by atoms with van der Waals surface area (Å²) in [5.74, 6) is 0. The van der Waals surface area contributed by atoms with Crippen LogP contribution in [-0.2, 0) is 4.74 Å². The maximum Gasteiger partial charge on any atom is 0.0623 e. The minimum atomic E-state index is -0.107. The molecule has 0 saturated carbocycles. The minimum Gasteiger partial charge on any atom is -0.393 e. The summed E-state index contributed by atoms with van der Waals surface area (Å²) in [4.78, 5) is 2.37. The molecule has 0 aliphatic carbocycles. The maximum atomic E-state index is 9.57. The number of likely N-dealkylation sites (N-methyl/N-ethyl adjacent to an activating group) is 1. The fraction of sp³-hybridized carbons (Fsp3) is 1.00. The van der Waals surface area contributed by atoms with E-state index in [9.17, 15) is 5.11 Å². The summed E-state index contributed by atoms with van der Waals surface area (Å²) < 4.78 is 5.48. The number of aliphatic hydroxyl groups is 1. The van der Waals surface area contributed by atoms with E-state index in [0.29, 0.717) is 12.1 Å². The first-order valence-corrected chi connectivity index (χ1v) is 4.75. The molecule has 2 saturated heterocycles. The Balaban J connectivity index is 2.08. The molecule has 0 aromatic rings. The molecular formula is C9H17NO2. The number of rotatable bonds is 0. The van der Waals surface area contributed by atoms with Crippen LogP contribution in [0.5, 0.6) is 0 Å². The number of fused-ring (bicyclic) bond motifs is 2. The lowest BCUT2D eigenvalue weighted by atomic mass is 10.1. The monoisotopic (exact) mass is 171 g/mol. The van der Waals surface area contributed by atoms with Crippen LogP contribution in [0.1, 0.15) is 19.3 Å². The first kappa shape index (κ1) is 8.48. The summed E-state index contributed by atoms with van der Waals surface area (Å²) in [5.41, 5.74) is 0. The van der Waals surface area contributed by atoms with Crippen LogP contribution in [0.25, 0.3) is 0 Å². The Bertz CT molecular complexity index is 163. The van der Waals surface area contributed by atoms with Crippen LogP contribution in [0.4, 0.5) is 0 Å². The van der Waals surface area contributed by atoms with Crippen molar-refractivity contribution in [3.05, 3.63) is 0 Å². The second kappa shape index (κ2) is 3.32. The van der Waals surface area contributed by atoms with Gasteiger partial charge in [-0.3, -0.25) is 4.90 Å². The molecule has 70 valence electrons. The highest BCUT2D eigenvalue weighted by Gasteiger charge is 2.32. The van der Waals surface area contributed by atoms with Gasteiger partial charge >= 0.3 is 0 Å². The maximum absolute atomic E-state index is 9.57. The van der Waals surface area contributed by atoms with E-state index in [-0.39, 0.29) is 6.10 Å². The summed E-state index contributed by atoms with van der Waals surface area (Å²) >= 11 is 0. The predicted molar refractivity (Wildman–Crippen MR) is 46.0 cm³/mol. The highest BCUT2D eigenvalue weighted by Crippen LogP contribution is 2.24. The lowest BCUT2D eigenvalue weighted by molar-refractivity contribution is -0.0366. The van der Waals surface area contributed by atoms with Crippen molar-refractivity contribution in [1.82, 2.24) is 4.90 Å². The van der Waals surface area contributed by atoms with E-state index in [1.807, 2.05) is 0 Å². The van der Waals surface area contributed by atoms with E-state index in [1.54, 1.807) is 0 Å². The third-order valence-corrected chi connectivity index (χ3v) is 3.15. The Hall–Kier alpha value is -0.120. The Morgan fingerprint density at radius 2 is 2.00 bits per heavy atom. The lowest BCUT2D eigenvalue weighted by Gasteiger charge is -2.37. The Kier molecular flexibility index (Phi) is 2.35. The number of morpholine rings is 1. The van der Waals surface area contributed by atoms with Crippen molar-refractivity contribution in [3.8, 4) is 0 Å². The SMILES string of the molecule is CN1C2CCC(O)CC1COC2. The zero-order chi connectivity index (χ0) is 8.55. The van der Waals surface area contributed by atoms with Gasteiger partial charge in [0, 0.05) is 12.1 Å². The van der Waals surface area contributed by atoms with Crippen molar-refractivity contribution >= 4 is 0 Å². The van der Waals surface area contributed by atoms with Crippen LogP contribution < -0.4 is 0 Å². The summed E-state index contributed by atoms with van der Waals surface area (Å²) in [5, 5.41) is 9.57. The molecule has 2 rings (SSSR count). The van der Waals surface area contributed by atoms with E-state index in [0.717, 1.165) is 32.5 Å². The Morgan fingerprint density at radius 3 is 2.83 bits per heavy atom. The molecule has 3 heteroatoms. The number of nitrogens with zero attached hydrogens (tertiary/aromatic N) is 1. The first-order valence-electron chi connectivity index (χ1n) is 4.75. The van der Waals surface area contributed by atoms with Gasteiger partial charge in [0.15, 0.2) is 0 Å². The number of ether oxygens (including phenoxy) is 1. The number of aliphatic hydroxyl groups excluding tert-OH is 1. The predicted octanol–water partition coefficient (Wildman–Crippen LogP) is 0.230. The summed E-state index contributed by atoms with van der Waals surface area (Å²) in [6.45, 7) is 1.64. The van der Waals surface area contributed by atoms with Crippen LogP contribution >= 0.6 is 0 Å². The molecule has 1 N–H and O–H groups in total. The van der Waals surface area contributed by atoms with Crippen LogP contribution in [-0.4, -0.2) is 48.5 Å². The fourth-order valence-corrected chi connectivity index (χ4v) is 2.21. The fourth-order valence-electron chi connectivity index (χ4n) is 2.21. The molecule has 3 unspecified atom stereocenters. The molecule has 0 aromatic heterocycles. The van der Waals surface area contributed by atoms with Gasteiger partial charge in [-0.1, -0.05) is 0 Å². The van der Waals surface area contributed by atoms with Gasteiger partial charge in [-0.25, -0.2) is 0 Å². The molecule has 2 heterocycles. The van der Waals surface area contributed by atoms with Crippen molar-refractivity contribution in [1.29, 1.82) is 0 Å². The molecule has 3 nitrogen and oxygen atoms in total. The minimum absolute atomic E-state index is 0.107. The third kappa shape index (κ3) is 1.49. The molecule has 0 amide bonds. The molecule has 0 aromatic carbocycles. The Morgan fingerprint density at radius 1 is 1.25 bits per heavy atom. The van der Waals surface area contributed by atoms with Gasteiger partial charge in [0.05, 0.1) is 19.3 Å². The summed E-state index contributed by atoms with van der Waals surface area (Å²) in [7, 11) is 2.15. The molecule has 12 heavy (non-hydrogen) atoms. The highest BCUT2D eigenvalue weighted by molar-refractivity contribution is 4.86. The van der Waals surface area contributed by atoms with Crippen molar-refractivity contribution in [2.24, 2.45) is 0 Å². The molecule has 2 fully saturated rings. The average molecular weight is 171 g/mol. The highest BCUT2D eigenvalue weighted by atomic mass is 16.5. The van der Waals surface area contributed by atoms with Gasteiger partial charge < -0.3 is 9.84 Å². The van der Waals surface area contributed by atoms with Gasteiger partial charge in [-0.2, -0.15) is 0 Å². The van der Waals surface area contributed by atoms with Gasteiger partial charge in [0.1, 0.15) is 0 Å². The average Bonchev–Trinajstić information content (AvgIpc) is 2.17. The van der Waals surface area contributed by atoms with Gasteiger partial charge in [0.2, 0.25) is 0 Å². The Labute approximate surface area is 73.3 Å². The first-order chi connectivity index (χ1) is 5.77. The third-order valence-electron chi connectivity index (χ3n) is 3.15. The number of hydrogen-bond acceptors (Lipinski definition) is 3. The van der Waals surface area contributed by atoms with Crippen molar-refractivity contribution in [3.63, 3.8) is 0 Å². The molecule has 2 aliphatic heterocycles. The second-order valence-electron chi connectivity index (χ2n) is 3.98. The molecule has 0 spiro atoms. The van der Waals surface area contributed by atoms with Gasteiger partial charge in [-0.05, 0) is 26.3 Å². The van der Waals surface area contributed by atoms with Crippen LogP contribution in [0, 0.1) is 0 Å². The molecule has 3 atom stereocenters. The van der Waals surface area contributed by atoms with Crippen LogP contribution in [0.3, 0.4) is 0 Å². The van der Waals surface area contributed by atoms with Crippen molar-refractivity contribution < 1.29 is 9.84 Å². The zero-order valence-corrected chi connectivity index (χ0v) is 7.57. The normalized spacial score (nSPS) is 44.0. The smallest absolute Gasteiger partial charge is 0.0623 e. The zero-order valence-electron chi connectivity index (χ0n) is 7.57. The standard InChI is InChI=1S/C9H17NO2/c1-10-7-2-3-9(11)4-8(10)6-12-5-7/h7-9,11H,2-6H2,1H3. The quantitative estimate of drug-likeness (QED) is 0.566. The molecule has 2 aliphatic rings. The van der Waals surface area contributed by atoms with Gasteiger partial charge in [-0.15, -0.1) is 0 Å². The molecule has 2 bridgehead atoms.